The number of methoxy groups -OCH3 is 1. The number of H-pyrrole nitrogens is 1. The Hall–Kier alpha value is -3.42. The number of amides is 2. The fourth-order valence-corrected chi connectivity index (χ4v) is 5.93. The second-order valence-electron chi connectivity index (χ2n) is 10.1. The van der Waals surface area contributed by atoms with Gasteiger partial charge in [0.25, 0.3) is 0 Å². The number of aliphatic hydroxyl groups excluding tert-OH is 2. The van der Waals surface area contributed by atoms with Crippen LogP contribution < -0.4 is 14.8 Å². The third kappa shape index (κ3) is 7.31. The number of carbonyl (C=O) groups excluding carboxylic acids is 3. The lowest BCUT2D eigenvalue weighted by Crippen LogP contribution is -2.55. The highest BCUT2D eigenvalue weighted by atomic mass is 127. The topological polar surface area (TPSA) is 141 Å². The van der Waals surface area contributed by atoms with Crippen LogP contribution in [0.4, 0.5) is 0 Å². The Balaban J connectivity index is 1.67. The van der Waals surface area contributed by atoms with E-state index in [0.29, 0.717) is 51.9 Å². The number of ether oxygens (including phenoxy) is 2. The molecule has 0 radical (unpaired) electrons. The minimum atomic E-state index is -1.17. The lowest BCUT2D eigenvalue weighted by atomic mass is 9.87. The van der Waals surface area contributed by atoms with E-state index >= 15 is 0 Å². The zero-order chi connectivity index (χ0) is 30.2. The molecular weight excluding hydrogens is 653 g/mol. The minimum Gasteiger partial charge on any atom is -0.493 e. The summed E-state index contributed by atoms with van der Waals surface area (Å²) in [4.78, 5) is 43.0. The number of benzene rings is 2. The number of halogens is 1. The second kappa shape index (κ2) is 14.7. The SMILES string of the molecule is CCCC(=O)N(CCc1cc2ccccc2[nH]1)[C@@H]1CC(C(=O)NCCO)=C[C@H](Oc2c(I)cc(C=O)cc2OC)[C@H]1O. The van der Waals surface area contributed by atoms with Gasteiger partial charge in [-0.05, 0) is 64.7 Å². The van der Waals surface area contributed by atoms with Crippen LogP contribution in [0.5, 0.6) is 11.5 Å². The van der Waals surface area contributed by atoms with Gasteiger partial charge < -0.3 is 34.9 Å². The van der Waals surface area contributed by atoms with Crippen LogP contribution >= 0.6 is 22.6 Å². The maximum absolute atomic E-state index is 13.5. The molecule has 0 unspecified atom stereocenters. The standard InChI is InChI=1S/C31H36IN3O7/c1-3-6-28(38)35(11-9-22-15-20-7-4-5-8-24(20)34-22)25-16-21(31(40)33-10-12-36)17-26(29(25)39)42-30-23(32)13-19(18-37)14-27(30)41-2/h4-5,7-8,13-15,17-18,25-26,29,34,36,39H,3,6,9-12,16H2,1-2H3,(H,33,40)/t25-,26+,29+/m1/s1. The Kier molecular flexibility index (Phi) is 11.0. The van der Waals surface area contributed by atoms with E-state index in [2.05, 4.69) is 10.3 Å². The average molecular weight is 690 g/mol. The summed E-state index contributed by atoms with van der Waals surface area (Å²) >= 11 is 2.02. The number of nitrogens with zero attached hydrogens (tertiary/aromatic N) is 1. The molecule has 1 aromatic heterocycles. The van der Waals surface area contributed by atoms with Crippen LogP contribution in [0.15, 0.2) is 54.1 Å². The molecule has 0 spiro atoms. The maximum atomic E-state index is 13.5. The van der Waals surface area contributed by atoms with Crippen molar-refractivity contribution in [1.82, 2.24) is 15.2 Å². The Morgan fingerprint density at radius 1 is 1.24 bits per heavy atom. The van der Waals surface area contributed by atoms with Crippen molar-refractivity contribution in [2.24, 2.45) is 0 Å². The van der Waals surface area contributed by atoms with Crippen LogP contribution in [0.2, 0.25) is 0 Å². The highest BCUT2D eigenvalue weighted by Crippen LogP contribution is 2.37. The number of aldehydes is 1. The predicted octanol–water partition coefficient (Wildman–Crippen LogP) is 3.38. The number of aromatic nitrogens is 1. The Morgan fingerprint density at radius 3 is 2.71 bits per heavy atom. The monoisotopic (exact) mass is 689 g/mol. The summed E-state index contributed by atoms with van der Waals surface area (Å²) in [6.07, 6.45) is 1.62. The summed E-state index contributed by atoms with van der Waals surface area (Å²) < 4.78 is 12.3. The molecule has 1 aliphatic carbocycles. The smallest absolute Gasteiger partial charge is 0.247 e. The third-order valence-corrected chi connectivity index (χ3v) is 8.05. The molecule has 1 heterocycles. The number of carbonyl (C=O) groups is 3. The van der Waals surface area contributed by atoms with Crippen LogP contribution in [-0.2, 0) is 16.0 Å². The molecule has 224 valence electrons. The minimum absolute atomic E-state index is 0.0622. The van der Waals surface area contributed by atoms with E-state index in [1.165, 1.54) is 13.2 Å². The van der Waals surface area contributed by atoms with Crippen molar-refractivity contribution in [3.05, 3.63) is 68.9 Å². The first kappa shape index (κ1) is 31.5. The van der Waals surface area contributed by atoms with Crippen molar-refractivity contribution in [3.63, 3.8) is 0 Å². The highest BCUT2D eigenvalue weighted by Gasteiger charge is 2.40. The van der Waals surface area contributed by atoms with E-state index in [4.69, 9.17) is 9.47 Å². The first-order valence-electron chi connectivity index (χ1n) is 13.9. The molecule has 0 saturated carbocycles. The van der Waals surface area contributed by atoms with E-state index in [1.54, 1.807) is 17.0 Å². The van der Waals surface area contributed by atoms with E-state index in [-0.39, 0.29) is 31.9 Å². The van der Waals surface area contributed by atoms with Gasteiger partial charge in [0.1, 0.15) is 18.5 Å². The Bertz CT molecular complexity index is 1420. The van der Waals surface area contributed by atoms with E-state index in [1.807, 2.05) is 59.8 Å². The molecule has 0 bridgehead atoms. The molecule has 2 aromatic carbocycles. The first-order valence-corrected chi connectivity index (χ1v) is 15.0. The average Bonchev–Trinajstić information content (AvgIpc) is 3.41. The van der Waals surface area contributed by atoms with E-state index < -0.39 is 24.2 Å². The second-order valence-corrected chi connectivity index (χ2v) is 11.3. The van der Waals surface area contributed by atoms with Gasteiger partial charge in [0.15, 0.2) is 11.5 Å². The molecule has 4 N–H and O–H groups in total. The van der Waals surface area contributed by atoms with Gasteiger partial charge in [0, 0.05) is 54.7 Å². The summed E-state index contributed by atoms with van der Waals surface area (Å²) in [5.74, 6) is 0.0713. The number of para-hydroxylation sites is 1. The summed E-state index contributed by atoms with van der Waals surface area (Å²) in [7, 11) is 1.45. The van der Waals surface area contributed by atoms with Crippen molar-refractivity contribution < 1.29 is 34.1 Å². The van der Waals surface area contributed by atoms with Gasteiger partial charge in [-0.2, -0.15) is 0 Å². The Labute approximate surface area is 258 Å². The summed E-state index contributed by atoms with van der Waals surface area (Å²) in [6.45, 7) is 2.07. The number of nitrogens with one attached hydrogen (secondary N) is 2. The molecule has 42 heavy (non-hydrogen) atoms. The number of hydrogen-bond acceptors (Lipinski definition) is 7. The predicted molar refractivity (Wildman–Crippen MR) is 167 cm³/mol. The number of rotatable bonds is 13. The molecule has 11 heteroatoms. The molecule has 0 saturated heterocycles. The number of fused-ring (bicyclic) bond motifs is 1. The molecular formula is C31H36IN3O7. The molecule has 2 amide bonds. The van der Waals surface area contributed by atoms with Gasteiger partial charge in [-0.1, -0.05) is 25.1 Å². The Morgan fingerprint density at radius 2 is 2.02 bits per heavy atom. The highest BCUT2D eigenvalue weighted by molar-refractivity contribution is 14.1. The van der Waals surface area contributed by atoms with Crippen molar-refractivity contribution >= 4 is 51.6 Å². The van der Waals surface area contributed by atoms with Crippen molar-refractivity contribution in [3.8, 4) is 11.5 Å². The molecule has 3 atom stereocenters. The third-order valence-electron chi connectivity index (χ3n) is 7.25. The quantitative estimate of drug-likeness (QED) is 0.159. The lowest BCUT2D eigenvalue weighted by Gasteiger charge is -2.40. The van der Waals surface area contributed by atoms with E-state index in [9.17, 15) is 24.6 Å². The van der Waals surface area contributed by atoms with E-state index in [0.717, 1.165) is 16.6 Å². The van der Waals surface area contributed by atoms with Crippen LogP contribution in [0.1, 0.15) is 42.2 Å². The number of aliphatic hydroxyl groups is 2. The molecule has 10 nitrogen and oxygen atoms in total. The maximum Gasteiger partial charge on any atom is 0.247 e. The molecule has 0 aliphatic heterocycles. The van der Waals surface area contributed by atoms with Crippen molar-refractivity contribution in [2.75, 3.05) is 26.8 Å². The first-order chi connectivity index (χ1) is 20.3. The zero-order valence-electron chi connectivity index (χ0n) is 23.6. The van der Waals surface area contributed by atoms with Crippen molar-refractivity contribution in [1.29, 1.82) is 0 Å². The fourth-order valence-electron chi connectivity index (χ4n) is 5.18. The summed E-state index contributed by atoms with van der Waals surface area (Å²) in [6, 6.07) is 12.4. The van der Waals surface area contributed by atoms with Crippen LogP contribution in [0.3, 0.4) is 0 Å². The number of hydrogen-bond donors (Lipinski definition) is 4. The van der Waals surface area contributed by atoms with Crippen LogP contribution in [-0.4, -0.2) is 83.3 Å². The molecule has 1 aliphatic rings. The van der Waals surface area contributed by atoms with Gasteiger partial charge in [0.05, 0.1) is 23.3 Å². The molecule has 0 fully saturated rings. The lowest BCUT2D eigenvalue weighted by molar-refractivity contribution is -0.138. The number of aromatic amines is 1. The molecule has 3 aromatic rings. The normalized spacial score (nSPS) is 18.3. The van der Waals surface area contributed by atoms with Gasteiger partial charge in [-0.3, -0.25) is 14.4 Å². The van der Waals surface area contributed by atoms with Gasteiger partial charge >= 0.3 is 0 Å². The fraction of sp³-hybridized carbons (Fsp3) is 0.387. The zero-order valence-corrected chi connectivity index (χ0v) is 25.8. The molecule has 4 rings (SSSR count). The van der Waals surface area contributed by atoms with Gasteiger partial charge in [0.2, 0.25) is 11.8 Å². The van der Waals surface area contributed by atoms with Crippen LogP contribution in [0, 0.1) is 3.57 Å². The largest absolute Gasteiger partial charge is 0.493 e. The summed E-state index contributed by atoms with van der Waals surface area (Å²) in [5, 5.41) is 24.7. The summed E-state index contributed by atoms with van der Waals surface area (Å²) in [5.41, 5.74) is 2.69. The van der Waals surface area contributed by atoms with Gasteiger partial charge in [-0.15, -0.1) is 0 Å². The van der Waals surface area contributed by atoms with Crippen molar-refractivity contribution in [2.45, 2.75) is 50.9 Å². The van der Waals surface area contributed by atoms with Gasteiger partial charge in [-0.25, -0.2) is 0 Å². The van der Waals surface area contributed by atoms with Crippen LogP contribution in [0.25, 0.3) is 10.9 Å².